The van der Waals surface area contributed by atoms with Crippen LogP contribution in [0.15, 0.2) is 11.6 Å². The van der Waals surface area contributed by atoms with E-state index in [1.54, 1.807) is 4.90 Å². The van der Waals surface area contributed by atoms with Gasteiger partial charge in [0.2, 0.25) is 0 Å². The van der Waals surface area contributed by atoms with Gasteiger partial charge in [-0.2, -0.15) is 0 Å². The van der Waals surface area contributed by atoms with Crippen LogP contribution in [0.25, 0.3) is 0 Å². The Labute approximate surface area is 96.9 Å². The lowest BCUT2D eigenvalue weighted by molar-refractivity contribution is 0.0189. The van der Waals surface area contributed by atoms with Crippen molar-refractivity contribution in [2.24, 2.45) is 0 Å². The van der Waals surface area contributed by atoms with E-state index in [4.69, 9.17) is 4.74 Å². The van der Waals surface area contributed by atoms with Crippen LogP contribution in [0, 0.1) is 0 Å². The molecule has 0 aromatic heterocycles. The molecule has 1 atom stereocenters. The Morgan fingerprint density at radius 3 is 2.69 bits per heavy atom. The van der Waals surface area contributed by atoms with E-state index < -0.39 is 11.7 Å². The summed E-state index contributed by atoms with van der Waals surface area (Å²) in [5.74, 6) is 0. The Bertz CT molecular complexity index is 291. The van der Waals surface area contributed by atoms with Crippen LogP contribution >= 0.6 is 0 Å². The van der Waals surface area contributed by atoms with Gasteiger partial charge in [0, 0.05) is 13.1 Å². The second-order valence-electron chi connectivity index (χ2n) is 5.07. The largest absolute Gasteiger partial charge is 0.444 e. The number of aliphatic hydroxyl groups is 1. The Morgan fingerprint density at radius 2 is 2.19 bits per heavy atom. The minimum atomic E-state index is -0.469. The summed E-state index contributed by atoms with van der Waals surface area (Å²) in [6, 6.07) is 0. The third-order valence-electron chi connectivity index (χ3n) is 2.50. The van der Waals surface area contributed by atoms with Crippen molar-refractivity contribution in [1.82, 2.24) is 4.90 Å². The molecule has 1 saturated heterocycles. The van der Waals surface area contributed by atoms with Gasteiger partial charge in [0.25, 0.3) is 0 Å². The molecule has 1 amide bonds. The summed E-state index contributed by atoms with van der Waals surface area (Å²) in [5, 5.41) is 9.65. The highest BCUT2D eigenvalue weighted by Gasteiger charge is 2.28. The SMILES string of the molecule is C/C=C1\CN(C(=O)OC(C)(C)C)CCC1O. The summed E-state index contributed by atoms with van der Waals surface area (Å²) in [7, 11) is 0. The molecule has 1 rings (SSSR count). The number of ether oxygens (including phenoxy) is 1. The first kappa shape index (κ1) is 13.0. The summed E-state index contributed by atoms with van der Waals surface area (Å²) < 4.78 is 5.28. The highest BCUT2D eigenvalue weighted by atomic mass is 16.6. The van der Waals surface area contributed by atoms with Crippen LogP contribution in [0.1, 0.15) is 34.1 Å². The molecule has 1 aliphatic heterocycles. The van der Waals surface area contributed by atoms with Crippen molar-refractivity contribution in [3.05, 3.63) is 11.6 Å². The number of likely N-dealkylation sites (tertiary alicyclic amines) is 1. The Morgan fingerprint density at radius 1 is 1.56 bits per heavy atom. The standard InChI is InChI=1S/C12H21NO3/c1-5-9-8-13(7-6-10(9)14)11(15)16-12(2,3)4/h5,10,14H,6-8H2,1-4H3/b9-5+. The van der Waals surface area contributed by atoms with Crippen molar-refractivity contribution in [2.75, 3.05) is 13.1 Å². The fraction of sp³-hybridized carbons (Fsp3) is 0.750. The summed E-state index contributed by atoms with van der Waals surface area (Å²) in [6.07, 6.45) is 1.72. The normalized spacial score (nSPS) is 24.7. The molecule has 1 N–H and O–H groups in total. The topological polar surface area (TPSA) is 49.8 Å². The molecule has 4 nitrogen and oxygen atoms in total. The molecule has 16 heavy (non-hydrogen) atoms. The van der Waals surface area contributed by atoms with E-state index in [0.717, 1.165) is 5.57 Å². The van der Waals surface area contributed by atoms with Gasteiger partial charge in [0.1, 0.15) is 5.60 Å². The number of hydrogen-bond donors (Lipinski definition) is 1. The maximum atomic E-state index is 11.8. The predicted octanol–water partition coefficient (Wildman–Crippen LogP) is 1.93. The maximum absolute atomic E-state index is 11.8. The summed E-state index contributed by atoms with van der Waals surface area (Å²) in [4.78, 5) is 13.4. The highest BCUT2D eigenvalue weighted by Crippen LogP contribution is 2.18. The van der Waals surface area contributed by atoms with Crippen LogP contribution in [0.2, 0.25) is 0 Å². The highest BCUT2D eigenvalue weighted by molar-refractivity contribution is 5.68. The van der Waals surface area contributed by atoms with Gasteiger partial charge < -0.3 is 14.7 Å². The molecule has 0 aromatic rings. The van der Waals surface area contributed by atoms with Crippen LogP contribution in [-0.2, 0) is 4.74 Å². The van der Waals surface area contributed by atoms with Gasteiger partial charge in [-0.15, -0.1) is 0 Å². The lowest BCUT2D eigenvalue weighted by Crippen LogP contribution is -2.44. The first-order chi connectivity index (χ1) is 7.33. The Balaban J connectivity index is 2.59. The van der Waals surface area contributed by atoms with E-state index in [1.165, 1.54) is 0 Å². The number of nitrogens with zero attached hydrogens (tertiary/aromatic N) is 1. The van der Waals surface area contributed by atoms with Gasteiger partial charge in [0.05, 0.1) is 6.10 Å². The lowest BCUT2D eigenvalue weighted by atomic mass is 10.0. The number of carbonyl (C=O) groups is 1. The van der Waals surface area contributed by atoms with E-state index in [1.807, 2.05) is 33.8 Å². The molecular formula is C12H21NO3. The number of allylic oxidation sites excluding steroid dienone is 1. The minimum absolute atomic E-state index is 0.307. The van der Waals surface area contributed by atoms with E-state index in [-0.39, 0.29) is 6.09 Å². The van der Waals surface area contributed by atoms with Crippen LogP contribution < -0.4 is 0 Å². The summed E-state index contributed by atoms with van der Waals surface area (Å²) in [6.45, 7) is 8.43. The first-order valence-electron chi connectivity index (χ1n) is 5.64. The quantitative estimate of drug-likeness (QED) is 0.643. The molecule has 0 bridgehead atoms. The minimum Gasteiger partial charge on any atom is -0.444 e. The van der Waals surface area contributed by atoms with Crippen molar-refractivity contribution in [1.29, 1.82) is 0 Å². The van der Waals surface area contributed by atoms with Gasteiger partial charge in [-0.05, 0) is 39.7 Å². The van der Waals surface area contributed by atoms with Crippen LogP contribution in [0.5, 0.6) is 0 Å². The molecule has 0 aromatic carbocycles. The molecule has 4 heteroatoms. The molecule has 0 radical (unpaired) electrons. The maximum Gasteiger partial charge on any atom is 0.410 e. The zero-order chi connectivity index (χ0) is 12.3. The molecule has 0 saturated carbocycles. The number of piperidine rings is 1. The van der Waals surface area contributed by atoms with Crippen molar-refractivity contribution < 1.29 is 14.6 Å². The summed E-state index contributed by atoms with van der Waals surface area (Å²) in [5.41, 5.74) is 0.417. The number of carbonyl (C=O) groups excluding carboxylic acids is 1. The molecule has 0 aliphatic carbocycles. The average molecular weight is 227 g/mol. The third-order valence-corrected chi connectivity index (χ3v) is 2.50. The molecule has 1 aliphatic rings. The summed E-state index contributed by atoms with van der Waals surface area (Å²) >= 11 is 0. The second-order valence-corrected chi connectivity index (χ2v) is 5.07. The Hall–Kier alpha value is -1.03. The third kappa shape index (κ3) is 3.52. The van der Waals surface area contributed by atoms with Crippen molar-refractivity contribution in [3.8, 4) is 0 Å². The van der Waals surface area contributed by atoms with Crippen molar-refractivity contribution in [3.63, 3.8) is 0 Å². The van der Waals surface area contributed by atoms with E-state index in [2.05, 4.69) is 0 Å². The zero-order valence-corrected chi connectivity index (χ0v) is 10.5. The van der Waals surface area contributed by atoms with Gasteiger partial charge in [-0.1, -0.05) is 6.08 Å². The van der Waals surface area contributed by atoms with Gasteiger partial charge in [-0.3, -0.25) is 0 Å². The van der Waals surface area contributed by atoms with Gasteiger partial charge in [0.15, 0.2) is 0 Å². The number of aliphatic hydroxyl groups excluding tert-OH is 1. The molecule has 1 unspecified atom stereocenters. The number of hydrogen-bond acceptors (Lipinski definition) is 3. The zero-order valence-electron chi connectivity index (χ0n) is 10.5. The molecule has 1 fully saturated rings. The number of rotatable bonds is 0. The molecule has 0 spiro atoms. The van der Waals surface area contributed by atoms with Crippen LogP contribution in [0.3, 0.4) is 0 Å². The smallest absolute Gasteiger partial charge is 0.410 e. The predicted molar refractivity (Wildman–Crippen MR) is 62.2 cm³/mol. The van der Waals surface area contributed by atoms with Crippen LogP contribution in [-0.4, -0.2) is 40.9 Å². The van der Waals surface area contributed by atoms with E-state index >= 15 is 0 Å². The fourth-order valence-corrected chi connectivity index (χ4v) is 1.63. The van der Waals surface area contributed by atoms with Crippen LogP contribution in [0.4, 0.5) is 4.79 Å². The molecule has 1 heterocycles. The number of amides is 1. The lowest BCUT2D eigenvalue weighted by Gasteiger charge is -2.33. The average Bonchev–Trinajstić information content (AvgIpc) is 2.15. The monoisotopic (exact) mass is 227 g/mol. The Kier molecular flexibility index (Phi) is 3.97. The fourth-order valence-electron chi connectivity index (χ4n) is 1.63. The van der Waals surface area contributed by atoms with E-state index in [0.29, 0.717) is 19.5 Å². The molecular weight excluding hydrogens is 206 g/mol. The van der Waals surface area contributed by atoms with Crippen molar-refractivity contribution in [2.45, 2.75) is 45.8 Å². The molecule has 92 valence electrons. The first-order valence-corrected chi connectivity index (χ1v) is 5.64. The van der Waals surface area contributed by atoms with Gasteiger partial charge >= 0.3 is 6.09 Å². The second kappa shape index (κ2) is 4.87. The van der Waals surface area contributed by atoms with Gasteiger partial charge in [-0.25, -0.2) is 4.79 Å². The van der Waals surface area contributed by atoms with E-state index in [9.17, 15) is 9.90 Å². The van der Waals surface area contributed by atoms with Crippen molar-refractivity contribution >= 4 is 6.09 Å².